The number of ether oxygens (including phenoxy) is 5. The third-order valence-electron chi connectivity index (χ3n) is 3.92. The van der Waals surface area contributed by atoms with Crippen molar-refractivity contribution in [2.45, 2.75) is 25.9 Å². The first-order valence-corrected chi connectivity index (χ1v) is 7.17. The lowest BCUT2D eigenvalue weighted by Gasteiger charge is -2.46. The Morgan fingerprint density at radius 2 is 1.52 bits per heavy atom. The first-order chi connectivity index (χ1) is 10.0. The summed E-state index contributed by atoms with van der Waals surface area (Å²) in [6, 6.07) is 7.72. The Kier molecular flexibility index (Phi) is 3.92. The molecule has 0 bridgehead atoms. The van der Waals surface area contributed by atoms with Crippen LogP contribution in [-0.4, -0.2) is 39.3 Å². The van der Waals surface area contributed by atoms with Crippen LogP contribution < -0.4 is 4.74 Å². The van der Waals surface area contributed by atoms with Crippen LogP contribution in [0.15, 0.2) is 24.3 Å². The van der Waals surface area contributed by atoms with Crippen LogP contribution in [0.2, 0.25) is 0 Å². The van der Waals surface area contributed by atoms with Gasteiger partial charge in [0.05, 0.1) is 39.0 Å². The Labute approximate surface area is 125 Å². The van der Waals surface area contributed by atoms with Gasteiger partial charge < -0.3 is 23.7 Å². The fourth-order valence-corrected chi connectivity index (χ4v) is 2.45. The lowest BCUT2D eigenvalue weighted by molar-refractivity contribution is -0.333. The predicted octanol–water partition coefficient (Wildman–Crippen LogP) is 2.51. The van der Waals surface area contributed by atoms with Crippen molar-refractivity contribution < 1.29 is 23.7 Å². The molecule has 5 heteroatoms. The molecule has 0 radical (unpaired) electrons. The van der Waals surface area contributed by atoms with Crippen molar-refractivity contribution in [2.75, 3.05) is 33.5 Å². The highest BCUT2D eigenvalue weighted by molar-refractivity contribution is 5.28. The molecule has 2 heterocycles. The summed E-state index contributed by atoms with van der Waals surface area (Å²) in [6.45, 7) is 6.17. The Bertz CT molecular complexity index is 462. The van der Waals surface area contributed by atoms with Gasteiger partial charge in [0.2, 0.25) is 0 Å². The number of benzene rings is 1. The van der Waals surface area contributed by atoms with Crippen LogP contribution in [0, 0.1) is 5.41 Å². The van der Waals surface area contributed by atoms with Crippen LogP contribution in [0.3, 0.4) is 0 Å². The summed E-state index contributed by atoms with van der Waals surface area (Å²) in [5.74, 6) is 0.306. The van der Waals surface area contributed by atoms with E-state index in [1.165, 1.54) is 0 Å². The van der Waals surface area contributed by atoms with E-state index in [4.69, 9.17) is 23.7 Å². The molecule has 0 aromatic heterocycles. The molecule has 1 aromatic carbocycles. The first-order valence-electron chi connectivity index (χ1n) is 7.17. The highest BCUT2D eigenvalue weighted by atomic mass is 16.7. The molecule has 5 nitrogen and oxygen atoms in total. The van der Waals surface area contributed by atoms with E-state index in [9.17, 15) is 0 Å². The van der Waals surface area contributed by atoms with Crippen LogP contribution >= 0.6 is 0 Å². The lowest BCUT2D eigenvalue weighted by atomic mass is 9.90. The van der Waals surface area contributed by atoms with Gasteiger partial charge in [-0.3, -0.25) is 0 Å². The third-order valence-corrected chi connectivity index (χ3v) is 3.92. The van der Waals surface area contributed by atoms with E-state index in [1.54, 1.807) is 7.11 Å². The summed E-state index contributed by atoms with van der Waals surface area (Å²) in [7, 11) is 1.65. The van der Waals surface area contributed by atoms with E-state index in [0.717, 1.165) is 11.3 Å². The molecule has 2 saturated heterocycles. The maximum absolute atomic E-state index is 5.88. The van der Waals surface area contributed by atoms with E-state index in [0.29, 0.717) is 26.4 Å². The zero-order chi connectivity index (χ0) is 14.9. The van der Waals surface area contributed by atoms with Crippen molar-refractivity contribution in [3.05, 3.63) is 29.8 Å². The van der Waals surface area contributed by atoms with Gasteiger partial charge in [0.25, 0.3) is 0 Å². The molecule has 0 aliphatic carbocycles. The van der Waals surface area contributed by atoms with E-state index < -0.39 is 5.79 Å². The molecule has 1 aromatic rings. The van der Waals surface area contributed by atoms with Crippen LogP contribution in [0.4, 0.5) is 0 Å². The van der Waals surface area contributed by atoms with Crippen LogP contribution in [0.25, 0.3) is 0 Å². The van der Waals surface area contributed by atoms with Gasteiger partial charge in [0.15, 0.2) is 12.1 Å². The quantitative estimate of drug-likeness (QED) is 0.838. The second-order valence-electron chi connectivity index (χ2n) is 6.20. The summed E-state index contributed by atoms with van der Waals surface area (Å²) in [6.07, 6.45) is -0.337. The minimum Gasteiger partial charge on any atom is -0.497 e. The van der Waals surface area contributed by atoms with E-state index in [1.807, 2.05) is 38.1 Å². The number of rotatable bonds is 2. The van der Waals surface area contributed by atoms with Gasteiger partial charge in [0, 0.05) is 5.56 Å². The normalized spacial score (nSPS) is 24.9. The monoisotopic (exact) mass is 294 g/mol. The summed E-state index contributed by atoms with van der Waals surface area (Å²) >= 11 is 0. The Morgan fingerprint density at radius 3 is 2.05 bits per heavy atom. The third kappa shape index (κ3) is 3.21. The van der Waals surface area contributed by atoms with Crippen LogP contribution in [-0.2, 0) is 18.9 Å². The second-order valence-corrected chi connectivity index (χ2v) is 6.20. The SMILES string of the molecule is COc1ccc(C2OCC3(CO2)COC(C)(C)OC3)cc1. The fourth-order valence-electron chi connectivity index (χ4n) is 2.45. The summed E-state index contributed by atoms with van der Waals surface area (Å²) in [5.41, 5.74) is 0.794. The Balaban J connectivity index is 1.60. The van der Waals surface area contributed by atoms with Gasteiger partial charge in [0.1, 0.15) is 5.75 Å². The van der Waals surface area contributed by atoms with Crippen molar-refractivity contribution in [1.29, 1.82) is 0 Å². The molecule has 21 heavy (non-hydrogen) atoms. The van der Waals surface area contributed by atoms with Crippen LogP contribution in [0.1, 0.15) is 25.7 Å². The molecule has 3 rings (SSSR count). The molecule has 2 aliphatic heterocycles. The Morgan fingerprint density at radius 1 is 0.952 bits per heavy atom. The summed E-state index contributed by atoms with van der Waals surface area (Å²) in [5, 5.41) is 0. The lowest BCUT2D eigenvalue weighted by Crippen LogP contribution is -2.53. The van der Waals surface area contributed by atoms with Crippen molar-refractivity contribution >= 4 is 0 Å². The molecule has 2 fully saturated rings. The van der Waals surface area contributed by atoms with Gasteiger partial charge in [-0.1, -0.05) is 12.1 Å². The van der Waals surface area contributed by atoms with Gasteiger partial charge in [-0.2, -0.15) is 0 Å². The maximum atomic E-state index is 5.88. The average Bonchev–Trinajstić information content (AvgIpc) is 2.52. The highest BCUT2D eigenvalue weighted by Gasteiger charge is 2.44. The molecule has 2 aliphatic rings. The molecule has 0 saturated carbocycles. The van der Waals surface area contributed by atoms with Crippen LogP contribution in [0.5, 0.6) is 5.75 Å². The Hall–Kier alpha value is -1.14. The molecular weight excluding hydrogens is 272 g/mol. The number of methoxy groups -OCH3 is 1. The van der Waals surface area contributed by atoms with Crippen molar-refractivity contribution in [3.8, 4) is 5.75 Å². The standard InChI is InChI=1S/C16H22O5/c1-15(2)20-10-16(11-21-15)8-18-14(19-9-16)12-4-6-13(17-3)7-5-12/h4-7,14H,8-11H2,1-3H3. The van der Waals surface area contributed by atoms with Crippen molar-refractivity contribution in [2.24, 2.45) is 5.41 Å². The fraction of sp³-hybridized carbons (Fsp3) is 0.625. The van der Waals surface area contributed by atoms with Gasteiger partial charge >= 0.3 is 0 Å². The molecule has 0 unspecified atom stereocenters. The zero-order valence-electron chi connectivity index (χ0n) is 12.8. The smallest absolute Gasteiger partial charge is 0.183 e. The largest absolute Gasteiger partial charge is 0.497 e. The summed E-state index contributed by atoms with van der Waals surface area (Å²) < 4.78 is 28.4. The van der Waals surface area contributed by atoms with Gasteiger partial charge in [-0.25, -0.2) is 0 Å². The van der Waals surface area contributed by atoms with E-state index in [2.05, 4.69) is 0 Å². The topological polar surface area (TPSA) is 46.2 Å². The second kappa shape index (κ2) is 5.57. The highest BCUT2D eigenvalue weighted by Crippen LogP contribution is 2.37. The maximum Gasteiger partial charge on any atom is 0.183 e. The van der Waals surface area contributed by atoms with Gasteiger partial charge in [-0.05, 0) is 26.0 Å². The molecule has 0 amide bonds. The van der Waals surface area contributed by atoms with Crippen molar-refractivity contribution in [1.82, 2.24) is 0 Å². The molecule has 116 valence electrons. The van der Waals surface area contributed by atoms with Crippen molar-refractivity contribution in [3.63, 3.8) is 0 Å². The molecule has 0 N–H and O–H groups in total. The number of hydrogen-bond donors (Lipinski definition) is 0. The molecule has 1 spiro atoms. The molecule has 0 atom stereocenters. The molecular formula is C16H22O5. The van der Waals surface area contributed by atoms with E-state index >= 15 is 0 Å². The minimum absolute atomic E-state index is 0.196. The first kappa shape index (κ1) is 14.8. The summed E-state index contributed by atoms with van der Waals surface area (Å²) in [4.78, 5) is 0. The predicted molar refractivity (Wildman–Crippen MR) is 76.1 cm³/mol. The number of hydrogen-bond acceptors (Lipinski definition) is 5. The zero-order valence-corrected chi connectivity index (χ0v) is 12.8. The van der Waals surface area contributed by atoms with E-state index in [-0.39, 0.29) is 11.7 Å². The van der Waals surface area contributed by atoms with Gasteiger partial charge in [-0.15, -0.1) is 0 Å². The average molecular weight is 294 g/mol. The minimum atomic E-state index is -0.516.